The van der Waals surface area contributed by atoms with Crippen molar-refractivity contribution in [2.24, 2.45) is 5.92 Å². The molecule has 0 fully saturated rings. The largest absolute Gasteiger partial charge is 0.490 e. The van der Waals surface area contributed by atoms with E-state index in [1.165, 1.54) is 18.2 Å². The molecular formula is C36H47N3O8S. The highest BCUT2D eigenvalue weighted by Gasteiger charge is 2.31. The van der Waals surface area contributed by atoms with Gasteiger partial charge in [-0.25, -0.2) is 8.42 Å². The molecule has 0 radical (unpaired) electrons. The molecule has 2 aliphatic heterocycles. The minimum absolute atomic E-state index is 0.104. The fourth-order valence-corrected chi connectivity index (χ4v) is 7.06. The van der Waals surface area contributed by atoms with Crippen molar-refractivity contribution in [3.8, 4) is 17.2 Å². The summed E-state index contributed by atoms with van der Waals surface area (Å²) in [7, 11) is -1.85. The monoisotopic (exact) mass is 681 g/mol. The van der Waals surface area contributed by atoms with Crippen LogP contribution in [0.25, 0.3) is 0 Å². The molecule has 2 N–H and O–H groups in total. The normalized spacial score (nSPS) is 21.2. The Labute approximate surface area is 283 Å². The number of hydrogen-bond acceptors (Lipinski definition) is 9. The fourth-order valence-electron chi connectivity index (χ4n) is 5.99. The number of hydrogen-bond donors (Lipinski definition) is 2. The summed E-state index contributed by atoms with van der Waals surface area (Å²) in [5, 5.41) is 10.3. The number of nitrogens with zero attached hydrogens (tertiary/aromatic N) is 2. The predicted octanol–water partition coefficient (Wildman–Crippen LogP) is 5.14. The minimum Gasteiger partial charge on any atom is -0.490 e. The van der Waals surface area contributed by atoms with E-state index >= 15 is 0 Å². The van der Waals surface area contributed by atoms with Crippen LogP contribution in [0.3, 0.4) is 0 Å². The number of carbonyl (C=O) groups excluding carboxylic acids is 1. The standard InChI is InChI=1S/C36H47N3O8S/c1-25-20-39(26(2)23-40)36(41)31-19-29(37-48(42,43)30-11-6-5-7-12-30)14-16-32(31)47-27(3)10-8-9-17-44-35(25)22-38(4)21-28-13-15-33-34(18-28)46-24-45-33/h5-7,11-16,18-19,25-27,35,37,40H,8-10,17,20-24H2,1-4H3/t25-,26+,27+,35+/m0/s1. The van der Waals surface area contributed by atoms with E-state index in [9.17, 15) is 18.3 Å². The first kappa shape index (κ1) is 35.5. The van der Waals surface area contributed by atoms with Gasteiger partial charge < -0.3 is 29.0 Å². The first-order valence-corrected chi connectivity index (χ1v) is 18.0. The summed E-state index contributed by atoms with van der Waals surface area (Å²) in [5.41, 5.74) is 1.54. The molecule has 3 aromatic carbocycles. The molecule has 1 amide bonds. The van der Waals surface area contributed by atoms with E-state index in [1.807, 2.05) is 32.2 Å². The molecule has 3 aromatic rings. The number of amides is 1. The zero-order chi connectivity index (χ0) is 34.3. The maximum atomic E-state index is 14.4. The van der Waals surface area contributed by atoms with Crippen LogP contribution in [0.4, 0.5) is 5.69 Å². The van der Waals surface area contributed by atoms with Crippen molar-refractivity contribution in [1.29, 1.82) is 0 Å². The lowest BCUT2D eigenvalue weighted by Gasteiger charge is -2.36. The van der Waals surface area contributed by atoms with Gasteiger partial charge >= 0.3 is 0 Å². The van der Waals surface area contributed by atoms with Crippen molar-refractivity contribution in [1.82, 2.24) is 9.80 Å². The lowest BCUT2D eigenvalue weighted by atomic mass is 10.0. The van der Waals surface area contributed by atoms with Crippen molar-refractivity contribution in [3.63, 3.8) is 0 Å². The van der Waals surface area contributed by atoms with Crippen molar-refractivity contribution in [3.05, 3.63) is 77.9 Å². The third kappa shape index (κ3) is 8.98. The number of nitrogens with one attached hydrogen (secondary N) is 1. The van der Waals surface area contributed by atoms with Crippen LogP contribution in [-0.2, 0) is 21.3 Å². The Hall–Kier alpha value is -3.84. The topological polar surface area (TPSA) is 127 Å². The molecule has 4 atom stereocenters. The van der Waals surface area contributed by atoms with Crippen LogP contribution in [0.15, 0.2) is 71.6 Å². The Morgan fingerprint density at radius 3 is 2.52 bits per heavy atom. The van der Waals surface area contributed by atoms with Crippen LogP contribution in [0.2, 0.25) is 0 Å². The van der Waals surface area contributed by atoms with E-state index in [0.717, 1.165) is 36.3 Å². The SMILES string of the molecule is C[C@@H]1CCCCO[C@H](CN(C)Cc2ccc3c(c2)OCO3)[C@@H](C)CN([C@H](C)CO)C(=O)c2cc(NS(=O)(=O)c3ccccc3)ccc2O1. The minimum atomic E-state index is -3.90. The molecule has 0 aliphatic carbocycles. The smallest absolute Gasteiger partial charge is 0.261 e. The third-order valence-electron chi connectivity index (χ3n) is 8.74. The summed E-state index contributed by atoms with van der Waals surface area (Å²) in [5.74, 6) is 1.38. The van der Waals surface area contributed by atoms with Gasteiger partial charge in [-0.2, -0.15) is 0 Å². The Bertz CT molecular complexity index is 1640. The summed E-state index contributed by atoms with van der Waals surface area (Å²) in [6.45, 7) is 7.94. The second-order valence-electron chi connectivity index (χ2n) is 12.8. The zero-order valence-electron chi connectivity index (χ0n) is 28.1. The fraction of sp³-hybridized carbons (Fsp3) is 0.472. The van der Waals surface area contributed by atoms with Gasteiger partial charge in [0.2, 0.25) is 6.79 Å². The van der Waals surface area contributed by atoms with Crippen LogP contribution >= 0.6 is 0 Å². The molecule has 0 saturated carbocycles. The molecule has 11 nitrogen and oxygen atoms in total. The van der Waals surface area contributed by atoms with E-state index in [4.69, 9.17) is 18.9 Å². The molecule has 5 rings (SSSR count). The number of fused-ring (bicyclic) bond motifs is 2. The summed E-state index contributed by atoms with van der Waals surface area (Å²) < 4.78 is 52.7. The average Bonchev–Trinajstić information content (AvgIpc) is 3.54. The molecule has 48 heavy (non-hydrogen) atoms. The van der Waals surface area contributed by atoms with Gasteiger partial charge in [-0.15, -0.1) is 0 Å². The molecule has 0 aromatic heterocycles. The van der Waals surface area contributed by atoms with Crippen molar-refractivity contribution >= 4 is 21.6 Å². The molecule has 2 heterocycles. The maximum Gasteiger partial charge on any atom is 0.261 e. The zero-order valence-corrected chi connectivity index (χ0v) is 28.9. The van der Waals surface area contributed by atoms with Gasteiger partial charge in [-0.3, -0.25) is 14.4 Å². The van der Waals surface area contributed by atoms with Gasteiger partial charge in [-0.05, 0) is 88.2 Å². The van der Waals surface area contributed by atoms with E-state index < -0.39 is 16.1 Å². The summed E-state index contributed by atoms with van der Waals surface area (Å²) >= 11 is 0. The Kier molecular flexibility index (Phi) is 11.9. The average molecular weight is 682 g/mol. The van der Waals surface area contributed by atoms with Crippen LogP contribution in [-0.4, -0.2) is 87.6 Å². The van der Waals surface area contributed by atoms with E-state index in [0.29, 0.717) is 32.0 Å². The number of benzene rings is 3. The number of aliphatic hydroxyl groups excluding tert-OH is 1. The number of ether oxygens (including phenoxy) is 4. The molecule has 0 saturated heterocycles. The second kappa shape index (κ2) is 16.0. The van der Waals surface area contributed by atoms with E-state index in [1.54, 1.807) is 42.2 Å². The van der Waals surface area contributed by atoms with Crippen LogP contribution in [0, 0.1) is 5.92 Å². The molecule has 260 valence electrons. The quantitative estimate of drug-likeness (QED) is 0.316. The third-order valence-corrected chi connectivity index (χ3v) is 10.1. The summed E-state index contributed by atoms with van der Waals surface area (Å²) in [6.07, 6.45) is 2.08. The number of anilines is 1. The highest BCUT2D eigenvalue weighted by molar-refractivity contribution is 7.92. The predicted molar refractivity (Wildman–Crippen MR) is 183 cm³/mol. The van der Waals surface area contributed by atoms with Crippen molar-refractivity contribution in [2.45, 2.75) is 69.7 Å². The van der Waals surface area contributed by atoms with Crippen molar-refractivity contribution in [2.75, 3.05) is 44.9 Å². The Morgan fingerprint density at radius 1 is 1.00 bits per heavy atom. The first-order valence-electron chi connectivity index (χ1n) is 16.5. The lowest BCUT2D eigenvalue weighted by Crippen LogP contribution is -2.47. The summed E-state index contributed by atoms with van der Waals surface area (Å²) in [4.78, 5) is 18.3. The van der Waals surface area contributed by atoms with Gasteiger partial charge in [0.05, 0.1) is 35.3 Å². The molecule has 0 bridgehead atoms. The van der Waals surface area contributed by atoms with Crippen LogP contribution < -0.4 is 18.9 Å². The lowest BCUT2D eigenvalue weighted by molar-refractivity contribution is -0.0177. The maximum absolute atomic E-state index is 14.4. The Balaban J connectivity index is 1.40. The number of sulfonamides is 1. The van der Waals surface area contributed by atoms with Crippen LogP contribution in [0.5, 0.6) is 17.2 Å². The van der Waals surface area contributed by atoms with Gasteiger partial charge in [0.1, 0.15) is 5.75 Å². The first-order chi connectivity index (χ1) is 23.0. The molecule has 12 heteroatoms. The van der Waals surface area contributed by atoms with Gasteiger partial charge in [-0.1, -0.05) is 31.2 Å². The molecular weight excluding hydrogens is 634 g/mol. The number of rotatable bonds is 9. The number of aliphatic hydroxyl groups is 1. The van der Waals surface area contributed by atoms with Gasteiger partial charge in [0.25, 0.3) is 15.9 Å². The van der Waals surface area contributed by atoms with Crippen LogP contribution in [0.1, 0.15) is 56.0 Å². The highest BCUT2D eigenvalue weighted by atomic mass is 32.2. The van der Waals surface area contributed by atoms with E-state index in [2.05, 4.69) is 16.5 Å². The number of carbonyl (C=O) groups is 1. The highest BCUT2D eigenvalue weighted by Crippen LogP contribution is 2.33. The van der Waals surface area contributed by atoms with Gasteiger partial charge in [0.15, 0.2) is 11.5 Å². The summed E-state index contributed by atoms with van der Waals surface area (Å²) in [6, 6.07) is 18.3. The second-order valence-corrected chi connectivity index (χ2v) is 14.5. The molecule has 2 aliphatic rings. The molecule has 0 spiro atoms. The van der Waals surface area contributed by atoms with E-state index in [-0.39, 0.29) is 53.6 Å². The number of likely N-dealkylation sites (N-methyl/N-ethyl adjacent to an activating group) is 1. The molecule has 0 unspecified atom stereocenters. The van der Waals surface area contributed by atoms with Gasteiger partial charge in [0, 0.05) is 37.8 Å². The Morgan fingerprint density at radius 2 is 1.75 bits per heavy atom. The van der Waals surface area contributed by atoms with Crippen molar-refractivity contribution < 1.29 is 37.3 Å².